The molecule has 2 aromatic heterocycles. The Bertz CT molecular complexity index is 1170. The first-order chi connectivity index (χ1) is 12.2. The standard InChI is InChI=1S/C16H16N4O3S3/c1-9-4-5-12(15-14(9)11(6-17)7-18-15)20-26(22,23)16-10(2)24-13(19-16)8-25(3)21/h4-5,7,18,20H,8H2,1-3H3. The van der Waals surface area contributed by atoms with Crippen molar-refractivity contribution >= 4 is 48.7 Å². The van der Waals surface area contributed by atoms with E-state index in [1.54, 1.807) is 31.5 Å². The Kier molecular flexibility index (Phi) is 4.88. The van der Waals surface area contributed by atoms with Gasteiger partial charge in [-0.15, -0.1) is 11.3 Å². The van der Waals surface area contributed by atoms with E-state index in [0.29, 0.717) is 32.0 Å². The molecule has 1 unspecified atom stereocenters. The molecule has 0 fully saturated rings. The van der Waals surface area contributed by atoms with Gasteiger partial charge in [-0.2, -0.15) is 13.7 Å². The molecule has 1 atom stereocenters. The highest BCUT2D eigenvalue weighted by Gasteiger charge is 2.24. The number of fused-ring (bicyclic) bond motifs is 1. The number of hydrogen-bond donors (Lipinski definition) is 2. The Labute approximate surface area is 157 Å². The molecule has 0 radical (unpaired) electrons. The molecule has 0 spiro atoms. The molecular weight excluding hydrogens is 392 g/mol. The molecule has 3 rings (SSSR count). The Morgan fingerprint density at radius 2 is 2.12 bits per heavy atom. The smallest absolute Gasteiger partial charge is 0.280 e. The summed E-state index contributed by atoms with van der Waals surface area (Å²) in [5.41, 5.74) is 2.22. The zero-order chi connectivity index (χ0) is 19.1. The predicted molar refractivity (Wildman–Crippen MR) is 103 cm³/mol. The van der Waals surface area contributed by atoms with Gasteiger partial charge in [0.15, 0.2) is 5.03 Å². The van der Waals surface area contributed by atoms with E-state index >= 15 is 0 Å². The second kappa shape index (κ2) is 6.83. The normalized spacial score (nSPS) is 12.8. The van der Waals surface area contributed by atoms with Gasteiger partial charge in [0.1, 0.15) is 11.1 Å². The van der Waals surface area contributed by atoms with Gasteiger partial charge >= 0.3 is 0 Å². The van der Waals surface area contributed by atoms with Crippen LogP contribution in [0.2, 0.25) is 0 Å². The third-order valence-electron chi connectivity index (χ3n) is 3.79. The van der Waals surface area contributed by atoms with Gasteiger partial charge in [-0.05, 0) is 25.5 Å². The minimum Gasteiger partial charge on any atom is -0.358 e. The van der Waals surface area contributed by atoms with Crippen molar-refractivity contribution in [3.63, 3.8) is 0 Å². The van der Waals surface area contributed by atoms with E-state index in [2.05, 4.69) is 20.8 Å². The third kappa shape index (κ3) is 3.38. The largest absolute Gasteiger partial charge is 0.358 e. The van der Waals surface area contributed by atoms with Crippen molar-refractivity contribution < 1.29 is 12.6 Å². The quantitative estimate of drug-likeness (QED) is 0.673. The highest BCUT2D eigenvalue weighted by Crippen LogP contribution is 2.31. The molecule has 7 nitrogen and oxygen atoms in total. The van der Waals surface area contributed by atoms with E-state index < -0.39 is 20.8 Å². The Balaban J connectivity index is 2.04. The first kappa shape index (κ1) is 18.6. The maximum Gasteiger partial charge on any atom is 0.280 e. The van der Waals surface area contributed by atoms with Crippen molar-refractivity contribution in [1.29, 1.82) is 5.26 Å². The van der Waals surface area contributed by atoms with Crippen LogP contribution in [0.1, 0.15) is 21.0 Å². The Morgan fingerprint density at radius 3 is 2.77 bits per heavy atom. The van der Waals surface area contributed by atoms with Crippen LogP contribution >= 0.6 is 11.3 Å². The summed E-state index contributed by atoms with van der Waals surface area (Å²) in [5, 5.41) is 10.4. The van der Waals surface area contributed by atoms with Gasteiger partial charge in [0, 0.05) is 33.5 Å². The van der Waals surface area contributed by atoms with Crippen LogP contribution < -0.4 is 4.72 Å². The van der Waals surface area contributed by atoms with Gasteiger partial charge < -0.3 is 4.98 Å². The number of H-pyrrole nitrogens is 1. The van der Waals surface area contributed by atoms with Crippen LogP contribution in [-0.2, 0) is 26.6 Å². The average molecular weight is 409 g/mol. The van der Waals surface area contributed by atoms with Crippen LogP contribution in [0.5, 0.6) is 0 Å². The molecule has 0 saturated carbocycles. The fourth-order valence-electron chi connectivity index (χ4n) is 2.71. The third-order valence-corrected chi connectivity index (χ3v) is 7.15. The van der Waals surface area contributed by atoms with Crippen LogP contribution in [0, 0.1) is 25.2 Å². The van der Waals surface area contributed by atoms with Crippen LogP contribution in [-0.4, -0.2) is 28.9 Å². The number of nitriles is 1. The molecular formula is C16H16N4O3S3. The maximum absolute atomic E-state index is 12.8. The van der Waals surface area contributed by atoms with Gasteiger partial charge in [0.25, 0.3) is 10.0 Å². The van der Waals surface area contributed by atoms with Crippen molar-refractivity contribution in [3.05, 3.63) is 39.3 Å². The van der Waals surface area contributed by atoms with Crippen LogP contribution in [0.25, 0.3) is 10.9 Å². The van der Waals surface area contributed by atoms with Crippen molar-refractivity contribution in [3.8, 4) is 6.07 Å². The zero-order valence-corrected chi connectivity index (χ0v) is 16.7. The number of aryl methyl sites for hydroxylation is 2. The van der Waals surface area contributed by atoms with Gasteiger partial charge in [-0.25, -0.2) is 4.98 Å². The lowest BCUT2D eigenvalue weighted by Gasteiger charge is -2.09. The van der Waals surface area contributed by atoms with Crippen LogP contribution in [0.4, 0.5) is 5.69 Å². The first-order valence-electron chi connectivity index (χ1n) is 7.53. The lowest BCUT2D eigenvalue weighted by Crippen LogP contribution is -2.15. The topological polar surface area (TPSA) is 116 Å². The van der Waals surface area contributed by atoms with Gasteiger partial charge in [0.05, 0.1) is 22.5 Å². The summed E-state index contributed by atoms with van der Waals surface area (Å²) in [6, 6.07) is 5.50. The fourth-order valence-corrected chi connectivity index (χ4v) is 6.15. The minimum atomic E-state index is -3.91. The number of anilines is 1. The van der Waals surface area contributed by atoms with E-state index in [0.717, 1.165) is 5.56 Å². The number of thiazole rings is 1. The average Bonchev–Trinajstić information content (AvgIpc) is 3.14. The number of hydrogen-bond acceptors (Lipinski definition) is 6. The minimum absolute atomic E-state index is 0.0660. The number of nitrogens with zero attached hydrogens (tertiary/aromatic N) is 2. The molecule has 0 aliphatic carbocycles. The van der Waals surface area contributed by atoms with Crippen molar-refractivity contribution in [2.75, 3.05) is 11.0 Å². The summed E-state index contributed by atoms with van der Waals surface area (Å²) < 4.78 is 39.5. The summed E-state index contributed by atoms with van der Waals surface area (Å²) in [6.45, 7) is 3.53. The van der Waals surface area contributed by atoms with Crippen molar-refractivity contribution in [2.24, 2.45) is 0 Å². The highest BCUT2D eigenvalue weighted by molar-refractivity contribution is 7.92. The molecule has 0 amide bonds. The van der Waals surface area contributed by atoms with Gasteiger partial charge in [-0.1, -0.05) is 6.07 Å². The Morgan fingerprint density at radius 1 is 1.38 bits per heavy atom. The molecule has 0 aliphatic heterocycles. The SMILES string of the molecule is Cc1sc(CS(C)=O)nc1S(=O)(=O)Nc1ccc(C)c2c(C#N)c[nH]c12. The lowest BCUT2D eigenvalue weighted by atomic mass is 10.1. The number of benzene rings is 1. The lowest BCUT2D eigenvalue weighted by molar-refractivity contribution is 0.597. The molecule has 0 bridgehead atoms. The molecule has 3 aromatic rings. The molecule has 136 valence electrons. The molecule has 0 saturated heterocycles. The molecule has 2 N–H and O–H groups in total. The van der Waals surface area contributed by atoms with Gasteiger partial charge in [-0.3, -0.25) is 8.93 Å². The predicted octanol–water partition coefficient (Wildman–Crippen LogP) is 2.79. The van der Waals surface area contributed by atoms with Gasteiger partial charge in [0.2, 0.25) is 0 Å². The molecule has 1 aromatic carbocycles. The molecule has 10 heteroatoms. The number of aromatic nitrogens is 2. The zero-order valence-electron chi connectivity index (χ0n) is 14.3. The van der Waals surface area contributed by atoms with Crippen LogP contribution in [0.3, 0.4) is 0 Å². The van der Waals surface area contributed by atoms with E-state index in [4.69, 9.17) is 0 Å². The molecule has 26 heavy (non-hydrogen) atoms. The van der Waals surface area contributed by atoms with E-state index in [1.807, 2.05) is 6.92 Å². The van der Waals surface area contributed by atoms with Crippen LogP contribution in [0.15, 0.2) is 23.4 Å². The first-order valence-corrected chi connectivity index (χ1v) is 11.6. The highest BCUT2D eigenvalue weighted by atomic mass is 32.2. The summed E-state index contributed by atoms with van der Waals surface area (Å²) >= 11 is 1.22. The van der Waals surface area contributed by atoms with Crippen molar-refractivity contribution in [2.45, 2.75) is 24.6 Å². The summed E-state index contributed by atoms with van der Waals surface area (Å²) in [5.74, 6) is 0.220. The monoisotopic (exact) mass is 408 g/mol. The number of rotatable bonds is 5. The van der Waals surface area contributed by atoms with E-state index in [-0.39, 0.29) is 10.8 Å². The van der Waals surface area contributed by atoms with E-state index in [9.17, 15) is 17.9 Å². The van der Waals surface area contributed by atoms with Crippen molar-refractivity contribution in [1.82, 2.24) is 9.97 Å². The second-order valence-electron chi connectivity index (χ2n) is 5.79. The summed E-state index contributed by atoms with van der Waals surface area (Å²) in [4.78, 5) is 7.64. The number of nitrogens with one attached hydrogen (secondary N) is 2. The molecule has 0 aliphatic rings. The summed E-state index contributed by atoms with van der Waals surface area (Å²) in [6.07, 6.45) is 3.10. The Hall–Kier alpha value is -2.22. The summed E-state index contributed by atoms with van der Waals surface area (Å²) in [7, 11) is -5.01. The fraction of sp³-hybridized carbons (Fsp3) is 0.250. The second-order valence-corrected chi connectivity index (χ2v) is 10.1. The number of aromatic amines is 1. The van der Waals surface area contributed by atoms with E-state index in [1.165, 1.54) is 11.3 Å². The number of sulfonamides is 1. The molecule has 2 heterocycles. The maximum atomic E-state index is 12.8.